The number of amides is 1. The molecule has 0 radical (unpaired) electrons. The molecule has 5 aromatic rings. The highest BCUT2D eigenvalue weighted by atomic mass is 32.2. The summed E-state index contributed by atoms with van der Waals surface area (Å²) in [6, 6.07) is 20.9. The van der Waals surface area contributed by atoms with Crippen LogP contribution in [0.25, 0.3) is 22.4 Å². The lowest BCUT2D eigenvalue weighted by Gasteiger charge is -2.13. The van der Waals surface area contributed by atoms with Crippen molar-refractivity contribution in [2.24, 2.45) is 0 Å². The van der Waals surface area contributed by atoms with Crippen LogP contribution >= 0.6 is 11.8 Å². The number of nitrogens with one attached hydrogen (secondary N) is 1. The first kappa shape index (κ1) is 21.9. The first-order valence-corrected chi connectivity index (χ1v) is 11.9. The van der Waals surface area contributed by atoms with E-state index in [1.54, 1.807) is 10.6 Å². The molecule has 0 aliphatic rings. The van der Waals surface area contributed by atoms with Gasteiger partial charge in [0.2, 0.25) is 11.7 Å². The molecule has 0 bridgehead atoms. The number of fused-ring (bicyclic) bond motifs is 3. The molecule has 7 nitrogen and oxygen atoms in total. The standard InChI is InChI=1S/C26H23N5O2S/c1-16-10-8-12-20(18(16)3)27-23(32)15-34-26-29-28-25-30(21-13-6-4-9-17(21)2)24(33)19-11-5-7-14-22(19)31(25)26/h4-14H,15H2,1-3H3,(H,27,32). The summed E-state index contributed by atoms with van der Waals surface area (Å²) < 4.78 is 3.43. The van der Waals surface area contributed by atoms with Gasteiger partial charge in [0.15, 0.2) is 5.16 Å². The molecule has 0 fully saturated rings. The number of benzene rings is 3. The van der Waals surface area contributed by atoms with Gasteiger partial charge in [0.1, 0.15) is 0 Å². The van der Waals surface area contributed by atoms with Crippen LogP contribution in [0.15, 0.2) is 76.7 Å². The van der Waals surface area contributed by atoms with Crippen molar-refractivity contribution in [1.29, 1.82) is 0 Å². The van der Waals surface area contributed by atoms with Gasteiger partial charge in [-0.25, -0.2) is 4.57 Å². The van der Waals surface area contributed by atoms with Gasteiger partial charge in [0.05, 0.1) is 22.3 Å². The lowest BCUT2D eigenvalue weighted by atomic mass is 10.1. The summed E-state index contributed by atoms with van der Waals surface area (Å²) in [5.41, 5.74) is 5.21. The molecule has 2 aromatic heterocycles. The Morgan fingerprint density at radius 1 is 0.912 bits per heavy atom. The van der Waals surface area contributed by atoms with E-state index in [4.69, 9.17) is 0 Å². The Kier molecular flexibility index (Phi) is 5.67. The second-order valence-corrected chi connectivity index (χ2v) is 9.09. The molecule has 5 rings (SSSR count). The van der Waals surface area contributed by atoms with Gasteiger partial charge < -0.3 is 5.32 Å². The summed E-state index contributed by atoms with van der Waals surface area (Å²) in [7, 11) is 0. The van der Waals surface area contributed by atoms with Crippen molar-refractivity contribution in [3.63, 3.8) is 0 Å². The Bertz CT molecular complexity index is 1620. The molecule has 170 valence electrons. The highest BCUT2D eigenvalue weighted by Crippen LogP contribution is 2.25. The number of anilines is 1. The number of rotatable bonds is 5. The zero-order valence-electron chi connectivity index (χ0n) is 19.1. The van der Waals surface area contributed by atoms with Gasteiger partial charge in [-0.3, -0.25) is 14.0 Å². The monoisotopic (exact) mass is 469 g/mol. The Morgan fingerprint density at radius 2 is 1.65 bits per heavy atom. The first-order chi connectivity index (χ1) is 16.5. The van der Waals surface area contributed by atoms with Crippen LogP contribution in [0.2, 0.25) is 0 Å². The fourth-order valence-electron chi connectivity index (χ4n) is 4.01. The molecule has 0 aliphatic heterocycles. The molecule has 0 aliphatic carbocycles. The van der Waals surface area contributed by atoms with Crippen molar-refractivity contribution < 1.29 is 4.79 Å². The topological polar surface area (TPSA) is 81.3 Å². The number of carbonyl (C=O) groups excluding carboxylic acids is 1. The van der Waals surface area contributed by atoms with Gasteiger partial charge in [-0.2, -0.15) is 0 Å². The van der Waals surface area contributed by atoms with Crippen molar-refractivity contribution >= 4 is 40.0 Å². The summed E-state index contributed by atoms with van der Waals surface area (Å²) >= 11 is 1.28. The normalized spacial score (nSPS) is 11.3. The molecule has 0 saturated heterocycles. The zero-order valence-corrected chi connectivity index (χ0v) is 19.9. The van der Waals surface area contributed by atoms with Gasteiger partial charge in [0.25, 0.3) is 5.56 Å². The van der Waals surface area contributed by atoms with Crippen molar-refractivity contribution in [3.8, 4) is 5.69 Å². The summed E-state index contributed by atoms with van der Waals surface area (Å²) in [5.74, 6) is 0.439. The summed E-state index contributed by atoms with van der Waals surface area (Å²) in [6.07, 6.45) is 0. The summed E-state index contributed by atoms with van der Waals surface area (Å²) in [6.45, 7) is 5.96. The predicted molar refractivity (Wildman–Crippen MR) is 136 cm³/mol. The van der Waals surface area contributed by atoms with Crippen molar-refractivity contribution in [2.45, 2.75) is 25.9 Å². The predicted octanol–water partition coefficient (Wildman–Crippen LogP) is 4.69. The summed E-state index contributed by atoms with van der Waals surface area (Å²) in [5, 5.41) is 12.8. The Labute approximate surface area is 200 Å². The molecule has 34 heavy (non-hydrogen) atoms. The minimum Gasteiger partial charge on any atom is -0.325 e. The molecule has 3 aromatic carbocycles. The fourth-order valence-corrected chi connectivity index (χ4v) is 4.75. The number of nitrogens with zero attached hydrogens (tertiary/aromatic N) is 4. The van der Waals surface area contributed by atoms with Crippen molar-refractivity contribution in [3.05, 3.63) is 93.8 Å². The quantitative estimate of drug-likeness (QED) is 0.378. The number of hydrogen-bond acceptors (Lipinski definition) is 5. The molecular weight excluding hydrogens is 446 g/mol. The highest BCUT2D eigenvalue weighted by molar-refractivity contribution is 7.99. The van der Waals surface area contributed by atoms with Crippen LogP contribution < -0.4 is 10.9 Å². The smallest absolute Gasteiger partial charge is 0.267 e. The van der Waals surface area contributed by atoms with E-state index in [0.717, 1.165) is 28.1 Å². The third kappa shape index (κ3) is 3.76. The number of hydrogen-bond donors (Lipinski definition) is 1. The van der Waals surface area contributed by atoms with E-state index in [2.05, 4.69) is 15.5 Å². The third-order valence-electron chi connectivity index (χ3n) is 5.96. The average molecular weight is 470 g/mol. The van der Waals surface area contributed by atoms with Crippen LogP contribution in [-0.2, 0) is 4.79 Å². The maximum Gasteiger partial charge on any atom is 0.267 e. The van der Waals surface area contributed by atoms with Crippen LogP contribution in [0.3, 0.4) is 0 Å². The van der Waals surface area contributed by atoms with Crippen LogP contribution in [0.5, 0.6) is 0 Å². The number of aryl methyl sites for hydroxylation is 2. The minimum absolute atomic E-state index is 0.132. The highest BCUT2D eigenvalue weighted by Gasteiger charge is 2.19. The van der Waals surface area contributed by atoms with E-state index in [-0.39, 0.29) is 17.2 Å². The van der Waals surface area contributed by atoms with E-state index in [1.807, 2.05) is 85.8 Å². The van der Waals surface area contributed by atoms with Gasteiger partial charge in [-0.15, -0.1) is 10.2 Å². The molecule has 1 N–H and O–H groups in total. The van der Waals surface area contributed by atoms with Gasteiger partial charge >= 0.3 is 0 Å². The lowest BCUT2D eigenvalue weighted by Crippen LogP contribution is -2.22. The molecule has 0 atom stereocenters. The van der Waals surface area contributed by atoms with E-state index in [9.17, 15) is 9.59 Å². The van der Waals surface area contributed by atoms with E-state index in [1.165, 1.54) is 11.8 Å². The maximum atomic E-state index is 13.4. The summed E-state index contributed by atoms with van der Waals surface area (Å²) in [4.78, 5) is 26.2. The molecule has 0 spiro atoms. The minimum atomic E-state index is -0.158. The van der Waals surface area contributed by atoms with Gasteiger partial charge in [0, 0.05) is 5.69 Å². The number of thioether (sulfide) groups is 1. The number of para-hydroxylation sites is 2. The lowest BCUT2D eigenvalue weighted by molar-refractivity contribution is -0.113. The molecule has 1 amide bonds. The number of aromatic nitrogens is 4. The molecule has 2 heterocycles. The molecule has 0 saturated carbocycles. The Hall–Kier alpha value is -3.91. The van der Waals surface area contributed by atoms with Crippen LogP contribution in [-0.4, -0.2) is 30.8 Å². The third-order valence-corrected chi connectivity index (χ3v) is 6.89. The van der Waals surface area contributed by atoms with E-state index < -0.39 is 0 Å². The fraction of sp³-hybridized carbons (Fsp3) is 0.154. The maximum absolute atomic E-state index is 13.4. The SMILES string of the molecule is Cc1ccccc1-n1c(=O)c2ccccc2n2c(SCC(=O)Nc3cccc(C)c3C)nnc12. The first-order valence-electron chi connectivity index (χ1n) is 10.9. The average Bonchev–Trinajstić information content (AvgIpc) is 3.26. The van der Waals surface area contributed by atoms with Crippen LogP contribution in [0.1, 0.15) is 16.7 Å². The molecule has 0 unspecified atom stereocenters. The Morgan fingerprint density at radius 3 is 2.47 bits per heavy atom. The molecule has 8 heteroatoms. The molecular formula is C26H23N5O2S. The van der Waals surface area contributed by atoms with Crippen LogP contribution in [0.4, 0.5) is 5.69 Å². The van der Waals surface area contributed by atoms with E-state index >= 15 is 0 Å². The second kappa shape index (κ2) is 8.79. The number of carbonyl (C=O) groups is 1. The van der Waals surface area contributed by atoms with E-state index in [0.29, 0.717) is 21.8 Å². The van der Waals surface area contributed by atoms with Crippen molar-refractivity contribution in [1.82, 2.24) is 19.2 Å². The van der Waals surface area contributed by atoms with Crippen LogP contribution in [0, 0.1) is 20.8 Å². The van der Waals surface area contributed by atoms with Crippen molar-refractivity contribution in [2.75, 3.05) is 11.1 Å². The Balaban J connectivity index is 1.56. The van der Waals surface area contributed by atoms with Gasteiger partial charge in [-0.05, 0) is 61.7 Å². The zero-order chi connectivity index (χ0) is 23.8. The van der Waals surface area contributed by atoms with Gasteiger partial charge in [-0.1, -0.05) is 54.2 Å². The second-order valence-electron chi connectivity index (χ2n) is 8.15. The largest absolute Gasteiger partial charge is 0.325 e.